The Morgan fingerprint density at radius 1 is 1.00 bits per heavy atom. The minimum absolute atomic E-state index is 0. The standard InChI is InChI=1S/C8H17.C4H8O.ClH.Mg/c1-3-5-7-8-6-4-2;1-2-4-5-3-1;;/h1,3-8H2,2H3;1-4H2;1H;/q-1;;;+2/p-1. The molecule has 3 heteroatoms. The van der Waals surface area contributed by atoms with Crippen molar-refractivity contribution in [3.8, 4) is 0 Å². The fraction of sp³-hybridized carbons (Fsp3) is 0.917. The molecule has 1 rings (SSSR count). The molecule has 0 N–H and O–H groups in total. The summed E-state index contributed by atoms with van der Waals surface area (Å²) in [6, 6.07) is 0. The SMILES string of the molecule is C1CCOC1.[CH2-]CCCCCCC.[Cl-].[Mg+2]. The Hall–Kier alpha value is 1.02. The summed E-state index contributed by atoms with van der Waals surface area (Å²) in [7, 11) is 0. The zero-order valence-corrected chi connectivity index (χ0v) is 12.4. The molecule has 0 aliphatic carbocycles. The van der Waals surface area contributed by atoms with Crippen molar-refractivity contribution in [3.63, 3.8) is 0 Å². The van der Waals surface area contributed by atoms with Crippen molar-refractivity contribution in [2.24, 2.45) is 0 Å². The van der Waals surface area contributed by atoms with E-state index in [2.05, 4.69) is 13.8 Å². The minimum atomic E-state index is 0. The molecule has 1 fully saturated rings. The third-order valence-corrected chi connectivity index (χ3v) is 2.18. The van der Waals surface area contributed by atoms with Crippen LogP contribution in [-0.4, -0.2) is 36.3 Å². The monoisotopic (exact) mass is 244 g/mol. The van der Waals surface area contributed by atoms with E-state index in [1.165, 1.54) is 44.9 Å². The number of ether oxygens (including phenoxy) is 1. The van der Waals surface area contributed by atoms with Gasteiger partial charge in [0, 0.05) is 13.2 Å². The third-order valence-electron chi connectivity index (χ3n) is 2.18. The number of rotatable bonds is 5. The molecule has 1 aliphatic heterocycles. The van der Waals surface area contributed by atoms with Gasteiger partial charge >= 0.3 is 23.1 Å². The molecule has 0 aromatic rings. The molecule has 1 nitrogen and oxygen atoms in total. The first-order valence-corrected chi connectivity index (χ1v) is 5.78. The van der Waals surface area contributed by atoms with Crippen LogP contribution in [0.2, 0.25) is 0 Å². The molecule has 0 amide bonds. The largest absolute Gasteiger partial charge is 2.00 e. The quantitative estimate of drug-likeness (QED) is 0.391. The van der Waals surface area contributed by atoms with Crippen LogP contribution in [0.3, 0.4) is 0 Å². The summed E-state index contributed by atoms with van der Waals surface area (Å²) in [4.78, 5) is 0. The van der Waals surface area contributed by atoms with Gasteiger partial charge < -0.3 is 24.1 Å². The molecule has 1 heterocycles. The molecular formula is C12H25ClMgO. The molecule has 0 spiro atoms. The first-order chi connectivity index (χ1) is 6.41. The van der Waals surface area contributed by atoms with Gasteiger partial charge in [-0.15, -0.1) is 0 Å². The third kappa shape index (κ3) is 21.0. The summed E-state index contributed by atoms with van der Waals surface area (Å²) in [6.45, 7) is 8.02. The molecular weight excluding hydrogens is 220 g/mol. The van der Waals surface area contributed by atoms with Crippen molar-refractivity contribution in [2.75, 3.05) is 13.2 Å². The van der Waals surface area contributed by atoms with Crippen LogP contribution < -0.4 is 12.4 Å². The normalized spacial score (nSPS) is 13.2. The first-order valence-electron chi connectivity index (χ1n) is 5.78. The zero-order chi connectivity index (χ0) is 9.78. The molecule has 1 aliphatic rings. The Morgan fingerprint density at radius 2 is 1.53 bits per heavy atom. The molecule has 15 heavy (non-hydrogen) atoms. The average Bonchev–Trinajstić information content (AvgIpc) is 2.70. The maximum Gasteiger partial charge on any atom is 2.00 e. The van der Waals surface area contributed by atoms with E-state index in [1.807, 2.05) is 0 Å². The Morgan fingerprint density at radius 3 is 1.87 bits per heavy atom. The molecule has 0 aromatic carbocycles. The van der Waals surface area contributed by atoms with E-state index >= 15 is 0 Å². The van der Waals surface area contributed by atoms with E-state index < -0.39 is 0 Å². The first kappa shape index (κ1) is 21.3. The van der Waals surface area contributed by atoms with Crippen LogP contribution in [0.15, 0.2) is 0 Å². The van der Waals surface area contributed by atoms with Crippen LogP contribution in [0.1, 0.15) is 58.3 Å². The van der Waals surface area contributed by atoms with Gasteiger partial charge in [-0.2, -0.15) is 6.42 Å². The summed E-state index contributed by atoms with van der Waals surface area (Å²) in [5.41, 5.74) is 0. The van der Waals surface area contributed by atoms with Crippen molar-refractivity contribution >= 4 is 23.1 Å². The van der Waals surface area contributed by atoms with Crippen molar-refractivity contribution in [2.45, 2.75) is 58.3 Å². The van der Waals surface area contributed by atoms with Crippen molar-refractivity contribution in [1.29, 1.82) is 0 Å². The average molecular weight is 245 g/mol. The van der Waals surface area contributed by atoms with Crippen LogP contribution in [0.25, 0.3) is 0 Å². The van der Waals surface area contributed by atoms with Crippen LogP contribution in [0.4, 0.5) is 0 Å². The van der Waals surface area contributed by atoms with Gasteiger partial charge in [0.2, 0.25) is 0 Å². The fourth-order valence-electron chi connectivity index (χ4n) is 1.29. The van der Waals surface area contributed by atoms with Crippen LogP contribution in [0.5, 0.6) is 0 Å². The molecule has 1 saturated heterocycles. The summed E-state index contributed by atoms with van der Waals surface area (Å²) in [5, 5.41) is 0. The summed E-state index contributed by atoms with van der Waals surface area (Å²) < 4.78 is 4.94. The summed E-state index contributed by atoms with van der Waals surface area (Å²) >= 11 is 0. The second-order valence-corrected chi connectivity index (χ2v) is 3.59. The minimum Gasteiger partial charge on any atom is -1.00 e. The predicted molar refractivity (Wildman–Crippen MR) is 64.5 cm³/mol. The van der Waals surface area contributed by atoms with E-state index in [-0.39, 0.29) is 35.5 Å². The van der Waals surface area contributed by atoms with Gasteiger partial charge in [-0.25, -0.2) is 0 Å². The van der Waals surface area contributed by atoms with Gasteiger partial charge in [0.05, 0.1) is 0 Å². The maximum absolute atomic E-state index is 4.94. The van der Waals surface area contributed by atoms with Crippen LogP contribution in [0, 0.1) is 6.92 Å². The zero-order valence-electron chi connectivity index (χ0n) is 10.3. The molecule has 0 unspecified atom stereocenters. The smallest absolute Gasteiger partial charge is 1.00 e. The Kier molecular flexibility index (Phi) is 29.0. The van der Waals surface area contributed by atoms with Gasteiger partial charge in [0.25, 0.3) is 0 Å². The van der Waals surface area contributed by atoms with Crippen molar-refractivity contribution in [1.82, 2.24) is 0 Å². The molecule has 0 bridgehead atoms. The molecule has 0 aromatic heterocycles. The second-order valence-electron chi connectivity index (χ2n) is 3.59. The van der Waals surface area contributed by atoms with Gasteiger partial charge in [-0.3, -0.25) is 0 Å². The number of hydrogen-bond donors (Lipinski definition) is 0. The number of hydrogen-bond acceptors (Lipinski definition) is 1. The second kappa shape index (κ2) is 20.4. The summed E-state index contributed by atoms with van der Waals surface area (Å²) in [6.07, 6.45) is 10.5. The predicted octanol–water partition coefficient (Wildman–Crippen LogP) is 0.601. The van der Waals surface area contributed by atoms with Gasteiger partial charge in [0.1, 0.15) is 0 Å². The van der Waals surface area contributed by atoms with Gasteiger partial charge in [-0.1, -0.05) is 39.0 Å². The van der Waals surface area contributed by atoms with Crippen molar-refractivity contribution < 1.29 is 17.1 Å². The van der Waals surface area contributed by atoms with Gasteiger partial charge in [-0.05, 0) is 12.8 Å². The van der Waals surface area contributed by atoms with E-state index in [4.69, 9.17) is 4.74 Å². The van der Waals surface area contributed by atoms with Crippen LogP contribution >= 0.6 is 0 Å². The van der Waals surface area contributed by atoms with Crippen LogP contribution in [-0.2, 0) is 4.74 Å². The molecule has 88 valence electrons. The molecule has 0 atom stereocenters. The number of unbranched alkanes of at least 4 members (excludes halogenated alkanes) is 5. The Balaban J connectivity index is -0.000000180. The Labute approximate surface area is 118 Å². The van der Waals surface area contributed by atoms with Crippen molar-refractivity contribution in [3.05, 3.63) is 6.92 Å². The topological polar surface area (TPSA) is 9.23 Å². The maximum atomic E-state index is 4.94. The fourth-order valence-corrected chi connectivity index (χ4v) is 1.29. The Bertz CT molecular complexity index is 74.1. The number of halogens is 1. The van der Waals surface area contributed by atoms with E-state index in [9.17, 15) is 0 Å². The van der Waals surface area contributed by atoms with E-state index in [1.54, 1.807) is 0 Å². The summed E-state index contributed by atoms with van der Waals surface area (Å²) in [5.74, 6) is 0. The molecule has 0 saturated carbocycles. The van der Waals surface area contributed by atoms with E-state index in [0.717, 1.165) is 19.6 Å². The van der Waals surface area contributed by atoms with Gasteiger partial charge in [0.15, 0.2) is 0 Å². The van der Waals surface area contributed by atoms with E-state index in [0.29, 0.717) is 0 Å². The molecule has 0 radical (unpaired) electrons.